The Hall–Kier alpha value is -0.120. The van der Waals surface area contributed by atoms with E-state index in [9.17, 15) is 5.21 Å². The molecule has 54 valence electrons. The third-order valence-electron chi connectivity index (χ3n) is 1.66. The van der Waals surface area contributed by atoms with Crippen LogP contribution in [-0.4, -0.2) is 13.2 Å². The van der Waals surface area contributed by atoms with E-state index >= 15 is 0 Å². The van der Waals surface area contributed by atoms with Crippen molar-refractivity contribution in [1.82, 2.24) is 0 Å². The van der Waals surface area contributed by atoms with E-state index in [1.54, 1.807) is 0 Å². The molecule has 1 atom stereocenters. The molecule has 0 spiro atoms. The molecule has 1 N–H and O–H groups in total. The molecule has 0 radical (unpaired) electrons. The van der Waals surface area contributed by atoms with Gasteiger partial charge in [0.05, 0.1) is 0 Å². The smallest absolute Gasteiger partial charge is 0.112 e. The Kier molecular flexibility index (Phi) is 1.75. The molecule has 3 nitrogen and oxygen atoms in total. The first kappa shape index (κ1) is 6.99. The van der Waals surface area contributed by atoms with E-state index in [2.05, 4.69) is 13.8 Å². The fourth-order valence-corrected chi connectivity index (χ4v) is 0.971. The quantitative estimate of drug-likeness (QED) is 0.459. The maximum atomic E-state index is 10.7. The van der Waals surface area contributed by atoms with Crippen LogP contribution in [0.25, 0.3) is 0 Å². The number of hydrogen-bond donors (Lipinski definition) is 1. The molecule has 1 aliphatic heterocycles. The maximum absolute atomic E-state index is 10.7. The van der Waals surface area contributed by atoms with E-state index in [1.165, 1.54) is 0 Å². The van der Waals surface area contributed by atoms with Crippen molar-refractivity contribution in [2.75, 3.05) is 13.2 Å². The van der Waals surface area contributed by atoms with Crippen LogP contribution < -0.4 is 5.23 Å². The zero-order valence-electron chi connectivity index (χ0n) is 5.94. The Balaban J connectivity index is 2.41. The summed E-state index contributed by atoms with van der Waals surface area (Å²) in [6.07, 6.45) is 0.999. The predicted octanol–water partition coefficient (Wildman–Crippen LogP) is -0.269. The molecule has 1 saturated heterocycles. The second kappa shape index (κ2) is 2.25. The van der Waals surface area contributed by atoms with Gasteiger partial charge in [0.1, 0.15) is 13.2 Å². The number of hydrogen-bond acceptors (Lipinski definition) is 2. The average Bonchev–Trinajstić information content (AvgIpc) is 1.60. The van der Waals surface area contributed by atoms with Crippen LogP contribution >= 0.6 is 0 Å². The predicted molar refractivity (Wildman–Crippen MR) is 33.5 cm³/mol. The van der Waals surface area contributed by atoms with Crippen molar-refractivity contribution < 1.29 is 10.1 Å². The van der Waals surface area contributed by atoms with Crippen molar-refractivity contribution in [3.8, 4) is 0 Å². The zero-order chi connectivity index (χ0) is 6.91. The Morgan fingerprint density at radius 3 is 2.56 bits per heavy atom. The Bertz CT molecular complexity index is 103. The summed E-state index contributed by atoms with van der Waals surface area (Å²) in [6, 6.07) is 0. The van der Waals surface area contributed by atoms with Gasteiger partial charge in [0, 0.05) is 5.41 Å². The van der Waals surface area contributed by atoms with Crippen molar-refractivity contribution in [3.05, 3.63) is 5.21 Å². The Morgan fingerprint density at radius 2 is 2.22 bits per heavy atom. The highest BCUT2D eigenvalue weighted by molar-refractivity contribution is 4.67. The molecule has 1 heterocycles. The largest absolute Gasteiger partial charge is 0.600 e. The third kappa shape index (κ3) is 1.93. The minimum atomic E-state index is -0.0498. The lowest BCUT2D eigenvalue weighted by molar-refractivity contribution is -1.06. The molecule has 0 aliphatic carbocycles. The van der Waals surface area contributed by atoms with Crippen molar-refractivity contribution in [1.29, 1.82) is 0 Å². The van der Waals surface area contributed by atoms with Crippen LogP contribution in [-0.2, 0) is 4.84 Å². The van der Waals surface area contributed by atoms with Crippen LogP contribution in [0.5, 0.6) is 0 Å². The van der Waals surface area contributed by atoms with Gasteiger partial charge < -0.3 is 5.21 Å². The summed E-state index contributed by atoms with van der Waals surface area (Å²) >= 11 is 0. The first-order valence-electron chi connectivity index (χ1n) is 3.26. The highest BCUT2D eigenvalue weighted by Gasteiger charge is 2.26. The van der Waals surface area contributed by atoms with Crippen LogP contribution in [0.4, 0.5) is 0 Å². The molecule has 0 bridgehead atoms. The summed E-state index contributed by atoms with van der Waals surface area (Å²) in [4.78, 5) is 4.77. The van der Waals surface area contributed by atoms with Gasteiger partial charge in [-0.1, -0.05) is 13.8 Å². The fraction of sp³-hybridized carbons (Fsp3) is 1.00. The van der Waals surface area contributed by atoms with Crippen molar-refractivity contribution in [2.45, 2.75) is 20.3 Å². The SMILES string of the molecule is CC1(C)CCO[NH+]([O-])C1. The summed E-state index contributed by atoms with van der Waals surface area (Å²) in [5.74, 6) is 0. The normalized spacial score (nSPS) is 34.3. The second-order valence-electron chi connectivity index (χ2n) is 3.31. The molecule has 0 aromatic carbocycles. The first-order chi connectivity index (χ1) is 4.10. The summed E-state index contributed by atoms with van der Waals surface area (Å²) in [6.45, 7) is 5.36. The highest BCUT2D eigenvalue weighted by atomic mass is 16.9. The fourth-order valence-electron chi connectivity index (χ4n) is 0.971. The van der Waals surface area contributed by atoms with Crippen LogP contribution in [0.2, 0.25) is 0 Å². The van der Waals surface area contributed by atoms with Gasteiger partial charge in [-0.2, -0.15) is 0 Å². The Labute approximate surface area is 55.1 Å². The molecule has 1 unspecified atom stereocenters. The van der Waals surface area contributed by atoms with Crippen LogP contribution in [0.3, 0.4) is 0 Å². The molecule has 0 amide bonds. The van der Waals surface area contributed by atoms with Crippen LogP contribution in [0.15, 0.2) is 0 Å². The van der Waals surface area contributed by atoms with Gasteiger partial charge >= 0.3 is 0 Å². The van der Waals surface area contributed by atoms with E-state index in [4.69, 9.17) is 4.84 Å². The minimum absolute atomic E-state index is 0.0498. The topological polar surface area (TPSA) is 36.7 Å². The first-order valence-corrected chi connectivity index (χ1v) is 3.26. The van der Waals surface area contributed by atoms with Gasteiger partial charge in [-0.3, -0.25) is 0 Å². The highest BCUT2D eigenvalue weighted by Crippen LogP contribution is 2.18. The average molecular weight is 131 g/mol. The maximum Gasteiger partial charge on any atom is 0.112 e. The molecule has 1 fully saturated rings. The van der Waals surface area contributed by atoms with Gasteiger partial charge in [-0.25, -0.2) is 10.1 Å². The zero-order valence-corrected chi connectivity index (χ0v) is 5.94. The molecule has 0 aromatic heterocycles. The summed E-state index contributed by atoms with van der Waals surface area (Å²) in [7, 11) is 0. The summed E-state index contributed by atoms with van der Waals surface area (Å²) in [5.41, 5.74) is 0.176. The molecule has 0 saturated carbocycles. The van der Waals surface area contributed by atoms with Crippen molar-refractivity contribution in [2.24, 2.45) is 5.41 Å². The van der Waals surface area contributed by atoms with E-state index in [0.717, 1.165) is 6.42 Å². The lowest BCUT2D eigenvalue weighted by atomic mass is 9.89. The van der Waals surface area contributed by atoms with Gasteiger partial charge in [0.15, 0.2) is 0 Å². The molecule has 0 aromatic rings. The monoisotopic (exact) mass is 131 g/mol. The molecule has 9 heavy (non-hydrogen) atoms. The molecular formula is C6H13NO2. The standard InChI is InChI=1S/C6H13NO2/c1-6(2)3-4-9-7(8)5-6/h7H,3-5H2,1-2H3. The molecule has 1 aliphatic rings. The van der Waals surface area contributed by atoms with Crippen LogP contribution in [0.1, 0.15) is 20.3 Å². The molecule has 3 heteroatoms. The summed E-state index contributed by atoms with van der Waals surface area (Å²) < 4.78 is 0. The number of hydroxylamine groups is 2. The lowest BCUT2D eigenvalue weighted by Gasteiger charge is -2.34. The van der Waals surface area contributed by atoms with Crippen LogP contribution in [0, 0.1) is 10.6 Å². The minimum Gasteiger partial charge on any atom is -0.600 e. The van der Waals surface area contributed by atoms with Crippen molar-refractivity contribution >= 4 is 0 Å². The van der Waals surface area contributed by atoms with Gasteiger partial charge in [0.25, 0.3) is 0 Å². The second-order valence-corrected chi connectivity index (χ2v) is 3.31. The third-order valence-corrected chi connectivity index (χ3v) is 1.66. The molecular weight excluding hydrogens is 118 g/mol. The van der Waals surface area contributed by atoms with E-state index in [1.807, 2.05) is 0 Å². The van der Waals surface area contributed by atoms with E-state index in [-0.39, 0.29) is 10.6 Å². The van der Waals surface area contributed by atoms with Gasteiger partial charge in [-0.05, 0) is 6.42 Å². The van der Waals surface area contributed by atoms with Crippen molar-refractivity contribution in [3.63, 3.8) is 0 Å². The number of quaternary nitrogens is 1. The van der Waals surface area contributed by atoms with Gasteiger partial charge in [0.2, 0.25) is 0 Å². The number of rotatable bonds is 0. The summed E-state index contributed by atoms with van der Waals surface area (Å²) in [5, 5.41) is 10.6. The lowest BCUT2D eigenvalue weighted by Crippen LogP contribution is -3.08. The molecule has 1 rings (SSSR count). The number of nitrogens with one attached hydrogen (secondary N) is 1. The van der Waals surface area contributed by atoms with E-state index < -0.39 is 0 Å². The Morgan fingerprint density at radius 1 is 1.56 bits per heavy atom. The van der Waals surface area contributed by atoms with Gasteiger partial charge in [-0.15, -0.1) is 0 Å². The van der Waals surface area contributed by atoms with E-state index in [0.29, 0.717) is 13.2 Å².